The number of benzene rings is 3. The number of carbonyl (C=O) groups excluding carboxylic acids is 2. The number of amides is 1. The molecule has 0 saturated heterocycles. The van der Waals surface area contributed by atoms with Crippen LogP contribution in [-0.2, 0) is 4.79 Å². The molecule has 1 amide bonds. The van der Waals surface area contributed by atoms with Gasteiger partial charge in [-0.3, -0.25) is 4.79 Å². The molecule has 0 unspecified atom stereocenters. The summed E-state index contributed by atoms with van der Waals surface area (Å²) in [7, 11) is 5.92. The van der Waals surface area contributed by atoms with Crippen molar-refractivity contribution in [3.05, 3.63) is 77.4 Å². The number of nitrogens with one attached hydrogen (secondary N) is 1. The molecule has 3 aromatic carbocycles. The van der Waals surface area contributed by atoms with Gasteiger partial charge in [-0.05, 0) is 66.2 Å². The Bertz CT molecular complexity index is 1320. The molecule has 0 spiro atoms. The van der Waals surface area contributed by atoms with Crippen molar-refractivity contribution >= 4 is 23.6 Å². The fourth-order valence-corrected chi connectivity index (χ4v) is 3.17. The van der Waals surface area contributed by atoms with E-state index >= 15 is 0 Å². The summed E-state index contributed by atoms with van der Waals surface area (Å²) in [5.41, 5.74) is 1.14. The normalized spacial score (nSPS) is 10.6. The lowest BCUT2D eigenvalue weighted by Crippen LogP contribution is -2.13. The number of nitrogens with zero attached hydrogens (tertiary/aromatic N) is 1. The molecule has 0 aliphatic rings. The van der Waals surface area contributed by atoms with E-state index in [1.165, 1.54) is 39.5 Å². The van der Waals surface area contributed by atoms with Crippen LogP contribution in [0.5, 0.6) is 28.7 Å². The van der Waals surface area contributed by atoms with Crippen molar-refractivity contribution < 1.29 is 33.3 Å². The molecule has 0 atom stereocenters. The summed E-state index contributed by atoms with van der Waals surface area (Å²) < 4.78 is 26.3. The molecule has 1 N–H and O–H groups in total. The van der Waals surface area contributed by atoms with Gasteiger partial charge in [0.15, 0.2) is 23.0 Å². The fourth-order valence-electron chi connectivity index (χ4n) is 3.17. The molecule has 0 bridgehead atoms. The van der Waals surface area contributed by atoms with Gasteiger partial charge in [-0.2, -0.15) is 5.26 Å². The number of hydrogen-bond donors (Lipinski definition) is 1. The van der Waals surface area contributed by atoms with E-state index in [2.05, 4.69) is 5.32 Å². The predicted octanol–water partition coefficient (Wildman–Crippen LogP) is 4.49. The third kappa shape index (κ3) is 6.12. The van der Waals surface area contributed by atoms with Crippen LogP contribution in [0.1, 0.15) is 15.9 Å². The zero-order valence-corrected chi connectivity index (χ0v) is 20.2. The third-order valence-electron chi connectivity index (χ3n) is 5.03. The first-order valence-corrected chi connectivity index (χ1v) is 10.6. The molecule has 0 fully saturated rings. The summed E-state index contributed by atoms with van der Waals surface area (Å²) in [5.74, 6) is 0.701. The number of carbonyl (C=O) groups is 2. The Morgan fingerprint density at radius 1 is 0.778 bits per heavy atom. The summed E-state index contributed by atoms with van der Waals surface area (Å²) in [5, 5.41) is 12.2. The van der Waals surface area contributed by atoms with Gasteiger partial charge in [0.25, 0.3) is 5.91 Å². The molecule has 0 heterocycles. The molecule has 0 saturated carbocycles. The van der Waals surface area contributed by atoms with Gasteiger partial charge in [0, 0.05) is 5.69 Å². The lowest BCUT2D eigenvalue weighted by atomic mass is 10.1. The van der Waals surface area contributed by atoms with E-state index in [0.29, 0.717) is 28.5 Å². The SMILES string of the molecule is COc1ccc(NC(=O)/C(C#N)=C/c2ccc(OC(=O)c3ccc(OC)c(OC)c3)c(OC)c2)cc1. The number of esters is 1. The van der Waals surface area contributed by atoms with E-state index in [9.17, 15) is 14.9 Å². The molecule has 9 nitrogen and oxygen atoms in total. The van der Waals surface area contributed by atoms with Crippen LogP contribution < -0.4 is 29.0 Å². The van der Waals surface area contributed by atoms with Crippen molar-refractivity contribution in [2.75, 3.05) is 33.8 Å². The lowest BCUT2D eigenvalue weighted by Gasteiger charge is -2.12. The average molecular weight is 488 g/mol. The van der Waals surface area contributed by atoms with Gasteiger partial charge >= 0.3 is 5.97 Å². The minimum Gasteiger partial charge on any atom is -0.497 e. The first-order chi connectivity index (χ1) is 17.4. The van der Waals surface area contributed by atoms with Crippen molar-refractivity contribution in [2.45, 2.75) is 0 Å². The standard InChI is InChI=1S/C27H24N2O7/c1-32-21-9-7-20(8-10-21)29-26(30)19(16-28)13-17-5-11-23(24(14-17)34-3)36-27(31)18-6-12-22(33-2)25(15-18)35-4/h5-15H,1-4H3,(H,29,30)/b19-13+. The summed E-state index contributed by atoms with van der Waals surface area (Å²) in [4.78, 5) is 25.2. The quantitative estimate of drug-likeness (QED) is 0.203. The number of nitriles is 1. The van der Waals surface area contributed by atoms with Crippen molar-refractivity contribution in [3.63, 3.8) is 0 Å². The van der Waals surface area contributed by atoms with Gasteiger partial charge in [-0.15, -0.1) is 0 Å². The second-order valence-corrected chi connectivity index (χ2v) is 7.22. The van der Waals surface area contributed by atoms with Gasteiger partial charge < -0.3 is 29.0 Å². The second-order valence-electron chi connectivity index (χ2n) is 7.22. The second kappa shape index (κ2) is 11.9. The maximum atomic E-state index is 12.7. The van der Waals surface area contributed by atoms with Crippen LogP contribution in [0.25, 0.3) is 6.08 Å². The smallest absolute Gasteiger partial charge is 0.343 e. The van der Waals surface area contributed by atoms with Crippen LogP contribution in [0, 0.1) is 11.3 Å². The lowest BCUT2D eigenvalue weighted by molar-refractivity contribution is -0.112. The van der Waals surface area contributed by atoms with E-state index in [-0.39, 0.29) is 22.6 Å². The molecular formula is C27H24N2O7. The van der Waals surface area contributed by atoms with Gasteiger partial charge in [-0.1, -0.05) is 6.07 Å². The van der Waals surface area contributed by atoms with Crippen LogP contribution in [0.4, 0.5) is 5.69 Å². The Balaban J connectivity index is 1.78. The van der Waals surface area contributed by atoms with E-state index in [4.69, 9.17) is 23.7 Å². The number of anilines is 1. The van der Waals surface area contributed by atoms with Crippen LogP contribution in [-0.4, -0.2) is 40.3 Å². The van der Waals surface area contributed by atoms with E-state index < -0.39 is 11.9 Å². The van der Waals surface area contributed by atoms with E-state index in [1.54, 1.807) is 55.6 Å². The molecule has 9 heteroatoms. The highest BCUT2D eigenvalue weighted by molar-refractivity contribution is 6.09. The zero-order valence-electron chi connectivity index (χ0n) is 20.2. The first kappa shape index (κ1) is 25.6. The molecule has 0 aromatic heterocycles. The maximum absolute atomic E-state index is 12.7. The van der Waals surface area contributed by atoms with Crippen molar-refractivity contribution in [1.29, 1.82) is 5.26 Å². The molecule has 0 aliphatic heterocycles. The Morgan fingerprint density at radius 3 is 2.03 bits per heavy atom. The Kier molecular flexibility index (Phi) is 8.51. The van der Waals surface area contributed by atoms with Crippen molar-refractivity contribution in [1.82, 2.24) is 0 Å². The first-order valence-electron chi connectivity index (χ1n) is 10.6. The maximum Gasteiger partial charge on any atom is 0.343 e. The number of hydrogen-bond acceptors (Lipinski definition) is 8. The summed E-state index contributed by atoms with van der Waals surface area (Å²) >= 11 is 0. The van der Waals surface area contributed by atoms with Crippen molar-refractivity contribution in [3.8, 4) is 34.8 Å². The zero-order chi connectivity index (χ0) is 26.1. The Morgan fingerprint density at radius 2 is 1.42 bits per heavy atom. The molecule has 3 rings (SSSR count). The average Bonchev–Trinajstić information content (AvgIpc) is 2.92. The minimum absolute atomic E-state index is 0.122. The largest absolute Gasteiger partial charge is 0.497 e. The highest BCUT2D eigenvalue weighted by atomic mass is 16.6. The minimum atomic E-state index is -0.630. The van der Waals surface area contributed by atoms with Gasteiger partial charge in [0.1, 0.15) is 17.4 Å². The Hall–Kier alpha value is -4.97. The van der Waals surface area contributed by atoms with Crippen LogP contribution >= 0.6 is 0 Å². The van der Waals surface area contributed by atoms with Crippen molar-refractivity contribution in [2.24, 2.45) is 0 Å². The van der Waals surface area contributed by atoms with Gasteiger partial charge in [0.2, 0.25) is 0 Å². The summed E-state index contributed by atoms with van der Waals surface area (Å²) in [6.07, 6.45) is 1.40. The molecular weight excluding hydrogens is 464 g/mol. The van der Waals surface area contributed by atoms with Gasteiger partial charge in [-0.25, -0.2) is 4.79 Å². The number of ether oxygens (including phenoxy) is 5. The molecule has 3 aromatic rings. The van der Waals surface area contributed by atoms with Crippen LogP contribution in [0.2, 0.25) is 0 Å². The third-order valence-corrected chi connectivity index (χ3v) is 5.03. The van der Waals surface area contributed by atoms with Crippen LogP contribution in [0.3, 0.4) is 0 Å². The number of methoxy groups -OCH3 is 4. The number of rotatable bonds is 9. The Labute approximate surface area is 208 Å². The van der Waals surface area contributed by atoms with E-state index in [0.717, 1.165) is 0 Å². The summed E-state index contributed by atoms with van der Waals surface area (Å²) in [6, 6.07) is 17.9. The molecule has 184 valence electrons. The highest BCUT2D eigenvalue weighted by Gasteiger charge is 2.16. The topological polar surface area (TPSA) is 116 Å². The predicted molar refractivity (Wildman–Crippen MR) is 133 cm³/mol. The fraction of sp³-hybridized carbons (Fsp3) is 0.148. The molecule has 0 aliphatic carbocycles. The highest BCUT2D eigenvalue weighted by Crippen LogP contribution is 2.32. The van der Waals surface area contributed by atoms with E-state index in [1.807, 2.05) is 6.07 Å². The molecule has 36 heavy (non-hydrogen) atoms. The summed E-state index contributed by atoms with van der Waals surface area (Å²) in [6.45, 7) is 0. The molecule has 0 radical (unpaired) electrons. The monoisotopic (exact) mass is 488 g/mol. The van der Waals surface area contributed by atoms with Gasteiger partial charge in [0.05, 0.1) is 34.0 Å². The van der Waals surface area contributed by atoms with Crippen LogP contribution in [0.15, 0.2) is 66.2 Å².